The van der Waals surface area contributed by atoms with E-state index in [2.05, 4.69) is 44.6 Å². The maximum atomic E-state index is 12.9. The fourth-order valence-electron chi connectivity index (χ4n) is 4.04. The van der Waals surface area contributed by atoms with E-state index in [1.165, 1.54) is 0 Å². The van der Waals surface area contributed by atoms with Crippen LogP contribution in [-0.2, 0) is 29.5 Å². The molecule has 0 radical (unpaired) electrons. The molecule has 7 nitrogen and oxygen atoms in total. The van der Waals surface area contributed by atoms with Crippen molar-refractivity contribution in [1.29, 1.82) is 0 Å². The number of rotatable bonds is 6. The minimum atomic E-state index is -0.909. The zero-order valence-electron chi connectivity index (χ0n) is 17.4. The normalized spacial score (nSPS) is 19.5. The SMILES string of the molecule is CNC(=O)[C@]1(Cc2ccc(-c3ccncc3)cc2)CN(Cc2cnn(C)c2)CCO1. The number of likely N-dealkylation sites (N-methyl/N-ethyl adjacent to an activating group) is 1. The number of ether oxygens (including phenoxy) is 1. The maximum Gasteiger partial charge on any atom is 0.253 e. The van der Waals surface area contributed by atoms with Crippen LogP contribution in [0.15, 0.2) is 61.2 Å². The Morgan fingerprint density at radius 3 is 2.53 bits per heavy atom. The summed E-state index contributed by atoms with van der Waals surface area (Å²) in [5, 5.41) is 7.05. The lowest BCUT2D eigenvalue weighted by molar-refractivity contribution is -0.160. The first kappa shape index (κ1) is 20.3. The third kappa shape index (κ3) is 4.42. The largest absolute Gasteiger partial charge is 0.362 e. The molecule has 2 aromatic heterocycles. The first-order valence-electron chi connectivity index (χ1n) is 10.1. The minimum Gasteiger partial charge on any atom is -0.362 e. The molecule has 0 unspecified atom stereocenters. The molecule has 0 bridgehead atoms. The number of nitrogens with zero attached hydrogens (tertiary/aromatic N) is 4. The van der Waals surface area contributed by atoms with Gasteiger partial charge in [0, 0.05) is 64.3 Å². The van der Waals surface area contributed by atoms with Gasteiger partial charge >= 0.3 is 0 Å². The lowest BCUT2D eigenvalue weighted by Gasteiger charge is -2.41. The summed E-state index contributed by atoms with van der Waals surface area (Å²) in [7, 11) is 3.58. The van der Waals surface area contributed by atoms with Gasteiger partial charge in [-0.1, -0.05) is 24.3 Å². The van der Waals surface area contributed by atoms with Crippen LogP contribution < -0.4 is 5.32 Å². The number of morpholine rings is 1. The predicted molar refractivity (Wildman–Crippen MR) is 115 cm³/mol. The number of benzene rings is 1. The van der Waals surface area contributed by atoms with Gasteiger partial charge in [-0.3, -0.25) is 19.4 Å². The number of carbonyl (C=O) groups excluding carboxylic acids is 1. The Kier molecular flexibility index (Phi) is 5.92. The maximum absolute atomic E-state index is 12.9. The van der Waals surface area contributed by atoms with Crippen LogP contribution in [0.25, 0.3) is 11.1 Å². The average Bonchev–Trinajstić information content (AvgIpc) is 3.19. The summed E-state index contributed by atoms with van der Waals surface area (Å²) < 4.78 is 7.93. The minimum absolute atomic E-state index is 0.0865. The molecular weight excluding hydrogens is 378 g/mol. The molecule has 3 aromatic rings. The first-order valence-corrected chi connectivity index (χ1v) is 10.1. The van der Waals surface area contributed by atoms with Crippen molar-refractivity contribution in [3.8, 4) is 11.1 Å². The molecule has 3 heterocycles. The third-order valence-corrected chi connectivity index (χ3v) is 5.53. The van der Waals surface area contributed by atoms with Gasteiger partial charge in [0.05, 0.1) is 12.8 Å². The molecule has 1 aliphatic heterocycles. The third-order valence-electron chi connectivity index (χ3n) is 5.53. The van der Waals surface area contributed by atoms with Gasteiger partial charge in [-0.15, -0.1) is 0 Å². The Labute approximate surface area is 176 Å². The number of aromatic nitrogens is 3. The second-order valence-corrected chi connectivity index (χ2v) is 7.76. The van der Waals surface area contributed by atoms with E-state index in [4.69, 9.17) is 4.74 Å². The average molecular weight is 406 g/mol. The van der Waals surface area contributed by atoms with Crippen LogP contribution in [0.5, 0.6) is 0 Å². The van der Waals surface area contributed by atoms with Crippen molar-refractivity contribution < 1.29 is 9.53 Å². The molecule has 1 amide bonds. The number of carbonyl (C=O) groups is 1. The van der Waals surface area contributed by atoms with Crippen molar-refractivity contribution >= 4 is 5.91 Å². The molecule has 4 rings (SSSR count). The highest BCUT2D eigenvalue weighted by Crippen LogP contribution is 2.26. The van der Waals surface area contributed by atoms with E-state index < -0.39 is 5.60 Å². The number of pyridine rings is 1. The summed E-state index contributed by atoms with van der Waals surface area (Å²) in [6, 6.07) is 12.3. The Bertz CT molecular complexity index is 986. The molecule has 1 N–H and O–H groups in total. The van der Waals surface area contributed by atoms with E-state index in [1.54, 1.807) is 24.1 Å². The van der Waals surface area contributed by atoms with Gasteiger partial charge < -0.3 is 10.1 Å². The second kappa shape index (κ2) is 8.77. The van der Waals surface area contributed by atoms with E-state index in [0.717, 1.165) is 35.3 Å². The smallest absolute Gasteiger partial charge is 0.253 e. The van der Waals surface area contributed by atoms with Crippen LogP contribution in [-0.4, -0.2) is 57.9 Å². The van der Waals surface area contributed by atoms with Crippen molar-refractivity contribution in [1.82, 2.24) is 25.0 Å². The summed E-state index contributed by atoms with van der Waals surface area (Å²) in [4.78, 5) is 19.2. The molecule has 0 spiro atoms. The van der Waals surface area contributed by atoms with Crippen molar-refractivity contribution in [2.45, 2.75) is 18.6 Å². The molecular formula is C23H27N5O2. The first-order chi connectivity index (χ1) is 14.6. The molecule has 7 heteroatoms. The van der Waals surface area contributed by atoms with Crippen LogP contribution in [0.2, 0.25) is 0 Å². The van der Waals surface area contributed by atoms with Gasteiger partial charge in [0.25, 0.3) is 5.91 Å². The molecule has 1 saturated heterocycles. The molecule has 30 heavy (non-hydrogen) atoms. The Morgan fingerprint density at radius 1 is 1.13 bits per heavy atom. The Morgan fingerprint density at radius 2 is 1.87 bits per heavy atom. The van der Waals surface area contributed by atoms with E-state index in [1.807, 2.05) is 31.6 Å². The van der Waals surface area contributed by atoms with Gasteiger partial charge in [-0.2, -0.15) is 5.10 Å². The summed E-state index contributed by atoms with van der Waals surface area (Å²) >= 11 is 0. The number of nitrogens with one attached hydrogen (secondary N) is 1. The fourth-order valence-corrected chi connectivity index (χ4v) is 4.04. The topological polar surface area (TPSA) is 72.3 Å². The van der Waals surface area contributed by atoms with Crippen LogP contribution in [0.3, 0.4) is 0 Å². The lowest BCUT2D eigenvalue weighted by atomic mass is 9.90. The highest BCUT2D eigenvalue weighted by Gasteiger charge is 2.43. The highest BCUT2D eigenvalue weighted by molar-refractivity contribution is 5.86. The number of hydrogen-bond donors (Lipinski definition) is 1. The predicted octanol–water partition coefficient (Wildman–Crippen LogP) is 2.04. The quantitative estimate of drug-likeness (QED) is 0.680. The molecule has 0 aliphatic carbocycles. The van der Waals surface area contributed by atoms with Crippen molar-refractivity contribution in [3.05, 3.63) is 72.3 Å². The standard InChI is InChI=1S/C23H27N5O2/c1-24-22(29)23(17-28(11-12-30-23)16-19-14-26-27(2)15-19)13-18-3-5-20(6-4-18)21-7-9-25-10-8-21/h3-10,14-15H,11-13,16-17H2,1-2H3,(H,24,29)/t23-/m0/s1. The van der Waals surface area contributed by atoms with Gasteiger partial charge in [-0.25, -0.2) is 0 Å². The van der Waals surface area contributed by atoms with Gasteiger partial charge in [-0.05, 0) is 28.8 Å². The lowest BCUT2D eigenvalue weighted by Crippen LogP contribution is -2.60. The highest BCUT2D eigenvalue weighted by atomic mass is 16.5. The van der Waals surface area contributed by atoms with E-state index in [0.29, 0.717) is 19.6 Å². The fraction of sp³-hybridized carbons (Fsp3) is 0.348. The molecule has 1 fully saturated rings. The van der Waals surface area contributed by atoms with E-state index in [-0.39, 0.29) is 5.91 Å². The monoisotopic (exact) mass is 405 g/mol. The molecule has 1 aliphatic rings. The summed E-state index contributed by atoms with van der Waals surface area (Å²) in [6.45, 7) is 2.59. The van der Waals surface area contributed by atoms with E-state index >= 15 is 0 Å². The molecule has 1 aromatic carbocycles. The van der Waals surface area contributed by atoms with Crippen LogP contribution >= 0.6 is 0 Å². The Hall–Kier alpha value is -3.03. The summed E-state index contributed by atoms with van der Waals surface area (Å²) in [5.74, 6) is -0.0865. The molecule has 1 atom stereocenters. The van der Waals surface area contributed by atoms with Gasteiger partial charge in [0.15, 0.2) is 5.60 Å². The van der Waals surface area contributed by atoms with Crippen LogP contribution in [0.1, 0.15) is 11.1 Å². The van der Waals surface area contributed by atoms with Gasteiger partial charge in [0.1, 0.15) is 0 Å². The zero-order chi connectivity index (χ0) is 21.0. The molecule has 0 saturated carbocycles. The zero-order valence-corrected chi connectivity index (χ0v) is 17.4. The van der Waals surface area contributed by atoms with Crippen LogP contribution in [0.4, 0.5) is 0 Å². The van der Waals surface area contributed by atoms with Crippen molar-refractivity contribution in [3.63, 3.8) is 0 Å². The summed E-state index contributed by atoms with van der Waals surface area (Å²) in [6.07, 6.45) is 7.98. The van der Waals surface area contributed by atoms with Crippen LogP contribution in [0, 0.1) is 0 Å². The van der Waals surface area contributed by atoms with Crippen molar-refractivity contribution in [2.75, 3.05) is 26.7 Å². The number of hydrogen-bond acceptors (Lipinski definition) is 5. The molecule has 156 valence electrons. The Balaban J connectivity index is 1.52. The summed E-state index contributed by atoms with van der Waals surface area (Å²) in [5.41, 5.74) is 3.53. The number of amides is 1. The second-order valence-electron chi connectivity index (χ2n) is 7.76. The van der Waals surface area contributed by atoms with Crippen molar-refractivity contribution in [2.24, 2.45) is 7.05 Å². The number of aryl methyl sites for hydroxylation is 1. The van der Waals surface area contributed by atoms with Gasteiger partial charge in [0.2, 0.25) is 0 Å². The van der Waals surface area contributed by atoms with E-state index in [9.17, 15) is 4.79 Å².